The summed E-state index contributed by atoms with van der Waals surface area (Å²) in [6.45, 7) is 1.98. The molecule has 0 saturated carbocycles. The number of aliphatic hydroxyl groups is 1. The van der Waals surface area contributed by atoms with Crippen LogP contribution < -0.4 is 10.2 Å². The average molecular weight is 697 g/mol. The number of thioether (sulfide) groups is 1. The van der Waals surface area contributed by atoms with Crippen LogP contribution in [0.5, 0.6) is 0 Å². The van der Waals surface area contributed by atoms with Crippen molar-refractivity contribution < 1.29 is 43.6 Å². The molecule has 258 valence electrons. The fourth-order valence-corrected chi connectivity index (χ4v) is 6.98. The number of nitrogens with one attached hydrogen (secondary N) is 1. The van der Waals surface area contributed by atoms with E-state index in [0.29, 0.717) is 17.0 Å². The first-order valence-electron chi connectivity index (χ1n) is 16.1. The topological polar surface area (TPSA) is 152 Å². The molecule has 0 aliphatic carbocycles. The molecule has 3 N–H and O–H groups in total. The van der Waals surface area contributed by atoms with Gasteiger partial charge in [0.05, 0.1) is 36.5 Å². The van der Waals surface area contributed by atoms with Crippen LogP contribution in [0.25, 0.3) is 0 Å². The maximum Gasteiger partial charge on any atom is 0.408 e. The van der Waals surface area contributed by atoms with Crippen LogP contribution in [-0.2, 0) is 37.0 Å². The summed E-state index contributed by atoms with van der Waals surface area (Å²) in [5, 5.41) is 21.3. The summed E-state index contributed by atoms with van der Waals surface area (Å²) >= 11 is 1.53. The Morgan fingerprint density at radius 3 is 2.34 bits per heavy atom. The first-order valence-corrected chi connectivity index (χ1v) is 17.1. The van der Waals surface area contributed by atoms with Crippen molar-refractivity contribution in [2.75, 3.05) is 10.7 Å². The highest BCUT2D eigenvalue weighted by Crippen LogP contribution is 2.43. The molecule has 0 aromatic heterocycles. The van der Waals surface area contributed by atoms with Crippen molar-refractivity contribution in [2.45, 2.75) is 56.0 Å². The Balaban J connectivity index is 1.18. The van der Waals surface area contributed by atoms with E-state index in [4.69, 9.17) is 14.2 Å². The first-order chi connectivity index (χ1) is 24.2. The molecule has 0 spiro atoms. The van der Waals surface area contributed by atoms with Gasteiger partial charge in [-0.1, -0.05) is 73.7 Å². The second-order valence-corrected chi connectivity index (χ2v) is 13.2. The fourth-order valence-electron chi connectivity index (χ4n) is 5.92. The van der Waals surface area contributed by atoms with Gasteiger partial charge in [-0.05, 0) is 53.1 Å². The summed E-state index contributed by atoms with van der Waals surface area (Å²) in [7, 11) is 0. The van der Waals surface area contributed by atoms with Crippen molar-refractivity contribution in [2.24, 2.45) is 5.92 Å². The van der Waals surface area contributed by atoms with E-state index in [0.717, 1.165) is 26.5 Å². The zero-order valence-electron chi connectivity index (χ0n) is 27.1. The third kappa shape index (κ3) is 8.06. The minimum atomic E-state index is -1.07. The predicted molar refractivity (Wildman–Crippen MR) is 184 cm³/mol. The standard InChI is InChI=1S/C38H36N2O9S/c1-23-32(22-50-30-16-14-27(15-17-30)36(44)45)48-37(49-34(23)26-12-10-24(20-41)11-13-26)28-8-5-9-29(18-28)40-33(42)19-31(35(40)43)39-38(46)47-21-25-6-3-2-4-7-25/h2-18,23,31-32,34,37,41H,19-22H2,1H3,(H,39,46)(H,44,45). The number of carbonyl (C=O) groups excluding carboxylic acids is 3. The molecule has 2 saturated heterocycles. The Morgan fingerprint density at radius 2 is 1.64 bits per heavy atom. The Hall–Kier alpha value is -5.01. The van der Waals surface area contributed by atoms with E-state index >= 15 is 0 Å². The van der Waals surface area contributed by atoms with Gasteiger partial charge in [-0.15, -0.1) is 11.8 Å². The molecule has 0 radical (unpaired) electrons. The molecule has 4 aromatic carbocycles. The minimum Gasteiger partial charge on any atom is -0.478 e. The maximum absolute atomic E-state index is 13.4. The zero-order chi connectivity index (χ0) is 35.2. The van der Waals surface area contributed by atoms with Gasteiger partial charge >= 0.3 is 12.1 Å². The third-order valence-corrected chi connectivity index (χ3v) is 9.79. The van der Waals surface area contributed by atoms with E-state index in [1.54, 1.807) is 48.5 Å². The van der Waals surface area contributed by atoms with E-state index < -0.39 is 42.3 Å². The van der Waals surface area contributed by atoms with Gasteiger partial charge < -0.3 is 29.7 Å². The van der Waals surface area contributed by atoms with E-state index in [2.05, 4.69) is 5.32 Å². The molecule has 6 rings (SSSR count). The van der Waals surface area contributed by atoms with Gasteiger partial charge in [0.2, 0.25) is 5.91 Å². The Kier molecular flexibility index (Phi) is 10.9. The number of anilines is 1. The number of imide groups is 1. The molecule has 5 atom stereocenters. The summed E-state index contributed by atoms with van der Waals surface area (Å²) in [5.41, 5.74) is 3.57. The number of carbonyl (C=O) groups is 4. The lowest BCUT2D eigenvalue weighted by Gasteiger charge is -2.41. The summed E-state index contributed by atoms with van der Waals surface area (Å²) in [4.78, 5) is 52.2. The molecule has 12 heteroatoms. The number of ether oxygens (including phenoxy) is 3. The molecule has 4 aromatic rings. The third-order valence-electron chi connectivity index (χ3n) is 8.69. The second-order valence-electron chi connectivity index (χ2n) is 12.1. The summed E-state index contributed by atoms with van der Waals surface area (Å²) in [5.74, 6) is -1.60. The molecule has 5 unspecified atom stereocenters. The van der Waals surface area contributed by atoms with Crippen molar-refractivity contribution in [1.82, 2.24) is 5.32 Å². The highest BCUT2D eigenvalue weighted by atomic mass is 32.2. The number of nitrogens with zero attached hydrogens (tertiary/aromatic N) is 1. The van der Waals surface area contributed by atoms with Crippen LogP contribution in [0.1, 0.15) is 58.4 Å². The van der Waals surface area contributed by atoms with Crippen LogP contribution in [0.4, 0.5) is 10.5 Å². The van der Waals surface area contributed by atoms with Gasteiger partial charge in [0, 0.05) is 22.1 Å². The quantitative estimate of drug-likeness (QED) is 0.125. The lowest BCUT2D eigenvalue weighted by Crippen LogP contribution is -2.42. The van der Waals surface area contributed by atoms with E-state index in [1.807, 2.05) is 61.5 Å². The number of amides is 3. The SMILES string of the molecule is CC1C(CSc2ccc(C(=O)O)cc2)OC(c2cccc(N3C(=O)CC(NC(=O)OCc4ccccc4)C3=O)c2)OC1c1ccc(CO)cc1. The number of aliphatic hydroxyl groups excluding tert-OH is 1. The average Bonchev–Trinajstić information content (AvgIpc) is 3.42. The molecule has 2 aliphatic rings. The Labute approximate surface area is 293 Å². The lowest BCUT2D eigenvalue weighted by atomic mass is 9.91. The number of hydrogen-bond donors (Lipinski definition) is 3. The van der Waals surface area contributed by atoms with Crippen molar-refractivity contribution in [1.29, 1.82) is 0 Å². The number of hydrogen-bond acceptors (Lipinski definition) is 9. The summed E-state index contributed by atoms with van der Waals surface area (Å²) in [6, 6.07) is 29.0. The normalized spacial score (nSPS) is 22.0. The summed E-state index contributed by atoms with van der Waals surface area (Å²) in [6.07, 6.45) is -2.57. The monoisotopic (exact) mass is 696 g/mol. The largest absolute Gasteiger partial charge is 0.478 e. The van der Waals surface area contributed by atoms with Crippen molar-refractivity contribution in [3.8, 4) is 0 Å². The molecular formula is C38H36N2O9S. The molecular weight excluding hydrogens is 660 g/mol. The molecule has 0 bridgehead atoms. The van der Waals surface area contributed by atoms with Crippen molar-refractivity contribution in [3.63, 3.8) is 0 Å². The molecule has 2 heterocycles. The molecule has 11 nitrogen and oxygen atoms in total. The number of carboxylic acid groups (broad SMARTS) is 1. The van der Waals surface area contributed by atoms with Crippen LogP contribution in [0.2, 0.25) is 0 Å². The number of rotatable bonds is 11. The van der Waals surface area contributed by atoms with E-state index in [-0.39, 0.29) is 37.2 Å². The number of carboxylic acids is 1. The molecule has 50 heavy (non-hydrogen) atoms. The molecule has 2 aliphatic heterocycles. The van der Waals surface area contributed by atoms with E-state index in [1.165, 1.54) is 11.8 Å². The Bertz CT molecular complexity index is 1840. The van der Waals surface area contributed by atoms with Gasteiger partial charge in [-0.25, -0.2) is 14.5 Å². The zero-order valence-corrected chi connectivity index (χ0v) is 28.0. The minimum absolute atomic E-state index is 0.0242. The van der Waals surface area contributed by atoms with Crippen LogP contribution in [0.15, 0.2) is 108 Å². The molecule has 3 amide bonds. The van der Waals surface area contributed by atoms with Gasteiger partial charge in [-0.2, -0.15) is 0 Å². The second kappa shape index (κ2) is 15.7. The van der Waals surface area contributed by atoms with Gasteiger partial charge in [-0.3, -0.25) is 9.59 Å². The smallest absolute Gasteiger partial charge is 0.408 e. The van der Waals surface area contributed by atoms with Crippen LogP contribution in [0, 0.1) is 5.92 Å². The van der Waals surface area contributed by atoms with Crippen LogP contribution in [0.3, 0.4) is 0 Å². The maximum atomic E-state index is 13.4. The highest BCUT2D eigenvalue weighted by Gasteiger charge is 2.42. The first kappa shape index (κ1) is 34.8. The van der Waals surface area contributed by atoms with Gasteiger partial charge in [0.15, 0.2) is 6.29 Å². The predicted octanol–water partition coefficient (Wildman–Crippen LogP) is 6.02. The number of aromatic carboxylic acids is 1. The number of alkyl carbamates (subject to hydrolysis) is 1. The molecule has 2 fully saturated rings. The Morgan fingerprint density at radius 1 is 0.900 bits per heavy atom. The number of benzene rings is 4. The lowest BCUT2D eigenvalue weighted by molar-refractivity contribution is -0.268. The van der Waals surface area contributed by atoms with Crippen LogP contribution in [-0.4, -0.2) is 52.0 Å². The highest BCUT2D eigenvalue weighted by molar-refractivity contribution is 7.99. The van der Waals surface area contributed by atoms with Crippen LogP contribution >= 0.6 is 11.8 Å². The van der Waals surface area contributed by atoms with Gasteiger partial charge in [0.25, 0.3) is 5.91 Å². The van der Waals surface area contributed by atoms with Crippen molar-refractivity contribution >= 4 is 41.3 Å². The summed E-state index contributed by atoms with van der Waals surface area (Å²) < 4.78 is 18.3. The van der Waals surface area contributed by atoms with E-state index in [9.17, 15) is 29.4 Å². The fraction of sp³-hybridized carbons (Fsp3) is 0.263. The van der Waals surface area contributed by atoms with Crippen molar-refractivity contribution in [3.05, 3.63) is 131 Å². The van der Waals surface area contributed by atoms with Gasteiger partial charge in [0.1, 0.15) is 12.6 Å².